The van der Waals surface area contributed by atoms with Crippen LogP contribution in [0.3, 0.4) is 0 Å². The predicted octanol–water partition coefficient (Wildman–Crippen LogP) is 6.33. The topological polar surface area (TPSA) is 96.0 Å². The van der Waals surface area contributed by atoms with E-state index in [4.69, 9.17) is 16.3 Å². The van der Waals surface area contributed by atoms with Crippen LogP contribution in [-0.2, 0) is 32.6 Å². The first-order chi connectivity index (χ1) is 21.9. The van der Waals surface area contributed by atoms with Gasteiger partial charge in [0.25, 0.3) is 10.0 Å². The number of hydrogen-bond donors (Lipinski definition) is 1. The molecule has 4 rings (SSSR count). The Morgan fingerprint density at radius 3 is 2.15 bits per heavy atom. The van der Waals surface area contributed by atoms with Crippen LogP contribution in [0.1, 0.15) is 36.1 Å². The molecule has 0 aliphatic heterocycles. The standard InChI is InChI=1S/C36H40ClN3O5S/c1-25(2)38-36(42)33(21-28-12-7-6-8-13-28)39(23-29-14-10-9-11-27(29)4)35(41)24-40(30-17-20-34(45-5)32(37)22-30)46(43,44)31-18-15-26(3)16-19-31/h6-20,22,25,33H,21,23-24H2,1-5H3,(H,38,42). The Balaban J connectivity index is 1.84. The Hall–Kier alpha value is -4.34. The van der Waals surface area contributed by atoms with Gasteiger partial charge >= 0.3 is 0 Å². The molecule has 1 atom stereocenters. The van der Waals surface area contributed by atoms with Gasteiger partial charge in [-0.3, -0.25) is 13.9 Å². The summed E-state index contributed by atoms with van der Waals surface area (Å²) in [5.41, 5.74) is 3.71. The molecule has 0 saturated carbocycles. The number of ether oxygens (including phenoxy) is 1. The summed E-state index contributed by atoms with van der Waals surface area (Å²) in [6.07, 6.45) is 0.232. The maximum atomic E-state index is 14.6. The molecule has 0 aliphatic rings. The minimum Gasteiger partial charge on any atom is -0.495 e. The lowest BCUT2D eigenvalue weighted by Crippen LogP contribution is -2.54. The number of rotatable bonds is 13. The van der Waals surface area contributed by atoms with Crippen molar-refractivity contribution in [3.05, 3.63) is 124 Å². The Bertz CT molecular complexity index is 1760. The molecule has 1 unspecified atom stereocenters. The van der Waals surface area contributed by atoms with Gasteiger partial charge in [0.15, 0.2) is 0 Å². The summed E-state index contributed by atoms with van der Waals surface area (Å²) < 4.78 is 34.8. The van der Waals surface area contributed by atoms with Gasteiger partial charge in [-0.15, -0.1) is 0 Å². The predicted molar refractivity (Wildman–Crippen MR) is 183 cm³/mol. The molecule has 0 fully saturated rings. The van der Waals surface area contributed by atoms with E-state index in [0.717, 1.165) is 26.6 Å². The van der Waals surface area contributed by atoms with Crippen LogP contribution in [0.5, 0.6) is 5.75 Å². The van der Waals surface area contributed by atoms with Crippen molar-refractivity contribution in [2.75, 3.05) is 18.0 Å². The highest BCUT2D eigenvalue weighted by atomic mass is 35.5. The third-order valence-corrected chi connectivity index (χ3v) is 9.70. The van der Waals surface area contributed by atoms with Gasteiger partial charge in [0.2, 0.25) is 11.8 Å². The minimum absolute atomic E-state index is 0.0154. The summed E-state index contributed by atoms with van der Waals surface area (Å²) in [6, 6.07) is 26.9. The van der Waals surface area contributed by atoms with E-state index >= 15 is 0 Å². The zero-order chi connectivity index (χ0) is 33.4. The van der Waals surface area contributed by atoms with E-state index in [0.29, 0.717) is 5.75 Å². The van der Waals surface area contributed by atoms with Crippen LogP contribution < -0.4 is 14.4 Å². The average molecular weight is 662 g/mol. The summed E-state index contributed by atoms with van der Waals surface area (Å²) in [7, 11) is -2.79. The molecule has 242 valence electrons. The molecule has 0 spiro atoms. The number of hydrogen-bond acceptors (Lipinski definition) is 5. The number of halogens is 1. The minimum atomic E-state index is -4.25. The summed E-state index contributed by atoms with van der Waals surface area (Å²) in [5, 5.41) is 3.16. The number of nitrogens with one attached hydrogen (secondary N) is 1. The fourth-order valence-corrected chi connectivity index (χ4v) is 6.74. The largest absolute Gasteiger partial charge is 0.495 e. The Kier molecular flexibility index (Phi) is 11.5. The van der Waals surface area contributed by atoms with Crippen LogP contribution in [-0.4, -0.2) is 50.9 Å². The van der Waals surface area contributed by atoms with E-state index in [2.05, 4.69) is 5.32 Å². The maximum absolute atomic E-state index is 14.6. The zero-order valence-electron chi connectivity index (χ0n) is 26.7. The Labute approximate surface area is 277 Å². The van der Waals surface area contributed by atoms with E-state index < -0.39 is 28.5 Å². The molecular formula is C36H40ClN3O5S. The summed E-state index contributed by atoms with van der Waals surface area (Å²) in [6.45, 7) is 7.02. The molecule has 0 heterocycles. The van der Waals surface area contributed by atoms with Crippen molar-refractivity contribution >= 4 is 39.1 Å². The zero-order valence-corrected chi connectivity index (χ0v) is 28.3. The number of aryl methyl sites for hydroxylation is 2. The molecular weight excluding hydrogens is 622 g/mol. The lowest BCUT2D eigenvalue weighted by atomic mass is 10.0. The summed E-state index contributed by atoms with van der Waals surface area (Å²) >= 11 is 6.45. The molecule has 0 aliphatic carbocycles. The molecule has 1 N–H and O–H groups in total. The van der Waals surface area contributed by atoms with Crippen molar-refractivity contribution in [1.82, 2.24) is 10.2 Å². The van der Waals surface area contributed by atoms with Gasteiger partial charge in [-0.25, -0.2) is 8.42 Å². The van der Waals surface area contributed by atoms with Crippen molar-refractivity contribution in [3.8, 4) is 5.75 Å². The second kappa shape index (κ2) is 15.3. The van der Waals surface area contributed by atoms with Crippen molar-refractivity contribution in [2.24, 2.45) is 0 Å². The third-order valence-electron chi connectivity index (χ3n) is 7.62. The van der Waals surface area contributed by atoms with Crippen molar-refractivity contribution < 1.29 is 22.7 Å². The van der Waals surface area contributed by atoms with Gasteiger partial charge in [-0.05, 0) is 74.7 Å². The molecule has 10 heteroatoms. The van der Waals surface area contributed by atoms with Gasteiger partial charge in [0.1, 0.15) is 18.3 Å². The highest BCUT2D eigenvalue weighted by molar-refractivity contribution is 7.92. The number of methoxy groups -OCH3 is 1. The molecule has 0 aromatic heterocycles. The molecule has 46 heavy (non-hydrogen) atoms. The number of amides is 2. The second-order valence-electron chi connectivity index (χ2n) is 11.5. The van der Waals surface area contributed by atoms with Crippen LogP contribution >= 0.6 is 11.6 Å². The first kappa shape index (κ1) is 34.5. The van der Waals surface area contributed by atoms with Crippen LogP contribution in [0.25, 0.3) is 0 Å². The van der Waals surface area contributed by atoms with E-state index in [-0.39, 0.29) is 40.5 Å². The fourth-order valence-electron chi connectivity index (χ4n) is 5.08. The number of sulfonamides is 1. The normalized spacial score (nSPS) is 12.0. The summed E-state index contributed by atoms with van der Waals surface area (Å²) in [5.74, 6) is -0.522. The number of benzene rings is 4. The number of carbonyl (C=O) groups is 2. The van der Waals surface area contributed by atoms with Crippen LogP contribution in [0, 0.1) is 13.8 Å². The van der Waals surface area contributed by atoms with E-state index in [1.54, 1.807) is 24.3 Å². The maximum Gasteiger partial charge on any atom is 0.264 e. The van der Waals surface area contributed by atoms with Crippen molar-refractivity contribution in [2.45, 2.75) is 57.6 Å². The Morgan fingerprint density at radius 2 is 1.54 bits per heavy atom. The quantitative estimate of drug-likeness (QED) is 0.181. The average Bonchev–Trinajstić information content (AvgIpc) is 3.02. The number of carbonyl (C=O) groups excluding carboxylic acids is 2. The number of anilines is 1. The molecule has 8 nitrogen and oxygen atoms in total. The van der Waals surface area contributed by atoms with E-state index in [1.807, 2.05) is 82.3 Å². The monoisotopic (exact) mass is 661 g/mol. The second-order valence-corrected chi connectivity index (χ2v) is 13.7. The van der Waals surface area contributed by atoms with Gasteiger partial charge in [0.05, 0.1) is 22.7 Å². The van der Waals surface area contributed by atoms with Gasteiger partial charge in [0, 0.05) is 19.0 Å². The van der Waals surface area contributed by atoms with Gasteiger partial charge in [-0.2, -0.15) is 0 Å². The van der Waals surface area contributed by atoms with Crippen LogP contribution in [0.2, 0.25) is 5.02 Å². The SMILES string of the molecule is COc1ccc(N(CC(=O)N(Cc2ccccc2C)C(Cc2ccccc2)C(=O)NC(C)C)S(=O)(=O)c2ccc(C)cc2)cc1Cl. The van der Waals surface area contributed by atoms with Crippen LogP contribution in [0.4, 0.5) is 5.69 Å². The first-order valence-corrected chi connectivity index (χ1v) is 16.8. The lowest BCUT2D eigenvalue weighted by molar-refractivity contribution is -0.140. The van der Waals surface area contributed by atoms with Crippen LogP contribution in [0.15, 0.2) is 102 Å². The molecule has 0 bridgehead atoms. The van der Waals surface area contributed by atoms with Gasteiger partial charge in [-0.1, -0.05) is 83.9 Å². The Morgan fingerprint density at radius 1 is 0.891 bits per heavy atom. The summed E-state index contributed by atoms with van der Waals surface area (Å²) in [4.78, 5) is 29.9. The molecule has 4 aromatic rings. The van der Waals surface area contributed by atoms with E-state index in [9.17, 15) is 18.0 Å². The molecule has 2 amide bonds. The van der Waals surface area contributed by atoms with E-state index in [1.165, 1.54) is 30.2 Å². The van der Waals surface area contributed by atoms with Crippen molar-refractivity contribution in [3.63, 3.8) is 0 Å². The smallest absolute Gasteiger partial charge is 0.264 e. The first-order valence-electron chi connectivity index (χ1n) is 15.0. The lowest BCUT2D eigenvalue weighted by Gasteiger charge is -2.34. The van der Waals surface area contributed by atoms with Gasteiger partial charge < -0.3 is 15.0 Å². The third kappa shape index (κ3) is 8.47. The number of nitrogens with zero attached hydrogens (tertiary/aromatic N) is 2. The molecule has 4 aromatic carbocycles. The highest BCUT2D eigenvalue weighted by Crippen LogP contribution is 2.32. The molecule has 0 saturated heterocycles. The fraction of sp³-hybridized carbons (Fsp3) is 0.278. The van der Waals surface area contributed by atoms with Crippen molar-refractivity contribution in [1.29, 1.82) is 0 Å². The molecule has 0 radical (unpaired) electrons. The highest BCUT2D eigenvalue weighted by Gasteiger charge is 2.35.